The fourth-order valence-corrected chi connectivity index (χ4v) is 4.03. The van der Waals surface area contributed by atoms with E-state index in [4.69, 9.17) is 9.52 Å². The van der Waals surface area contributed by atoms with Crippen LogP contribution in [0.5, 0.6) is 0 Å². The Labute approximate surface area is 130 Å². The summed E-state index contributed by atoms with van der Waals surface area (Å²) in [6.45, 7) is 3.38. The Balaban J connectivity index is 1.77. The molecule has 0 bridgehead atoms. The van der Waals surface area contributed by atoms with E-state index in [1.165, 1.54) is 38.4 Å². The van der Waals surface area contributed by atoms with Crippen molar-refractivity contribution in [3.05, 3.63) is 23.2 Å². The first-order valence-corrected chi connectivity index (χ1v) is 8.09. The number of carboxylic acids is 1. The smallest absolute Gasteiger partial charge is 0.311 e. The van der Waals surface area contributed by atoms with Gasteiger partial charge in [0.2, 0.25) is 0 Å². The number of aryl methyl sites for hydroxylation is 1. The minimum absolute atomic E-state index is 0.0649. The van der Waals surface area contributed by atoms with Crippen LogP contribution in [0.4, 0.5) is 0 Å². The van der Waals surface area contributed by atoms with Crippen LogP contribution in [0.25, 0.3) is 0 Å². The summed E-state index contributed by atoms with van der Waals surface area (Å²) < 4.78 is 5.30. The van der Waals surface area contributed by atoms with Crippen LogP contribution in [-0.2, 0) is 11.2 Å². The van der Waals surface area contributed by atoms with Gasteiger partial charge in [-0.3, -0.25) is 9.59 Å². The van der Waals surface area contributed by atoms with Crippen LogP contribution >= 0.6 is 0 Å². The molecule has 1 N–H and O–H groups in total. The number of carbonyl (C=O) groups is 2. The number of hydrogen-bond acceptors (Lipinski definition) is 3. The Kier molecular flexibility index (Phi) is 3.98. The van der Waals surface area contributed by atoms with E-state index < -0.39 is 5.97 Å². The van der Waals surface area contributed by atoms with E-state index in [0.29, 0.717) is 11.0 Å². The molecular formula is C17H23NO4. The van der Waals surface area contributed by atoms with Crippen molar-refractivity contribution in [2.45, 2.75) is 51.9 Å². The third-order valence-electron chi connectivity index (χ3n) is 5.22. The molecule has 2 aliphatic rings. The summed E-state index contributed by atoms with van der Waals surface area (Å²) in [6.07, 6.45) is 8.56. The number of hydrogen-bond donors (Lipinski definition) is 1. The molecule has 3 rings (SSSR count). The fourth-order valence-electron chi connectivity index (χ4n) is 4.03. The normalized spacial score (nSPS) is 20.5. The minimum atomic E-state index is -0.978. The van der Waals surface area contributed by atoms with Crippen LogP contribution in [0.1, 0.15) is 60.2 Å². The molecule has 1 spiro atoms. The average molecular weight is 305 g/mol. The summed E-state index contributed by atoms with van der Waals surface area (Å²) in [4.78, 5) is 25.7. The highest BCUT2D eigenvalue weighted by molar-refractivity contribution is 5.97. The highest BCUT2D eigenvalue weighted by atomic mass is 16.4. The number of aliphatic carboxylic acids is 1. The van der Waals surface area contributed by atoms with Gasteiger partial charge in [0.05, 0.1) is 11.8 Å². The van der Waals surface area contributed by atoms with Gasteiger partial charge in [0.25, 0.3) is 5.91 Å². The molecule has 22 heavy (non-hydrogen) atoms. The first kappa shape index (κ1) is 15.1. The van der Waals surface area contributed by atoms with E-state index in [2.05, 4.69) is 0 Å². The number of nitrogens with zero attached hydrogens (tertiary/aromatic N) is 1. The van der Waals surface area contributed by atoms with E-state index in [0.717, 1.165) is 25.1 Å². The summed E-state index contributed by atoms with van der Waals surface area (Å²) in [6, 6.07) is 0. The Morgan fingerprint density at radius 3 is 2.68 bits per heavy atom. The van der Waals surface area contributed by atoms with Gasteiger partial charge in [0, 0.05) is 18.7 Å². The molecule has 2 fully saturated rings. The molecule has 120 valence electrons. The number of carbonyl (C=O) groups excluding carboxylic acids is 1. The maximum atomic E-state index is 12.8. The van der Waals surface area contributed by atoms with Gasteiger partial charge in [-0.15, -0.1) is 0 Å². The lowest BCUT2D eigenvalue weighted by molar-refractivity contribution is -0.136. The topological polar surface area (TPSA) is 70.7 Å². The molecule has 0 unspecified atom stereocenters. The van der Waals surface area contributed by atoms with Crippen molar-refractivity contribution in [1.82, 2.24) is 4.90 Å². The Morgan fingerprint density at radius 1 is 1.27 bits per heavy atom. The molecule has 1 aromatic rings. The predicted molar refractivity (Wildman–Crippen MR) is 80.8 cm³/mol. The van der Waals surface area contributed by atoms with Crippen molar-refractivity contribution in [3.63, 3.8) is 0 Å². The van der Waals surface area contributed by atoms with Gasteiger partial charge in [-0.1, -0.05) is 19.3 Å². The van der Waals surface area contributed by atoms with Gasteiger partial charge >= 0.3 is 5.97 Å². The highest BCUT2D eigenvalue weighted by Crippen LogP contribution is 2.44. The van der Waals surface area contributed by atoms with Gasteiger partial charge in [0.15, 0.2) is 0 Å². The number of carboxylic acid groups (broad SMARTS) is 1. The van der Waals surface area contributed by atoms with Gasteiger partial charge in [-0.25, -0.2) is 0 Å². The van der Waals surface area contributed by atoms with Crippen molar-refractivity contribution < 1.29 is 19.1 Å². The maximum Gasteiger partial charge on any atom is 0.311 e. The van der Waals surface area contributed by atoms with E-state index in [9.17, 15) is 9.59 Å². The molecule has 1 saturated heterocycles. The van der Waals surface area contributed by atoms with E-state index in [1.54, 1.807) is 6.92 Å². The molecule has 0 aromatic carbocycles. The van der Waals surface area contributed by atoms with Crippen molar-refractivity contribution in [2.75, 3.05) is 13.1 Å². The third-order valence-corrected chi connectivity index (χ3v) is 5.22. The fraction of sp³-hybridized carbons (Fsp3) is 0.647. The minimum Gasteiger partial charge on any atom is -0.481 e. The molecule has 0 atom stereocenters. The molecule has 1 saturated carbocycles. The zero-order valence-corrected chi connectivity index (χ0v) is 13.1. The van der Waals surface area contributed by atoms with Crippen LogP contribution in [0.2, 0.25) is 0 Å². The maximum absolute atomic E-state index is 12.8. The molecule has 1 aromatic heterocycles. The van der Waals surface area contributed by atoms with Crippen molar-refractivity contribution in [2.24, 2.45) is 5.41 Å². The van der Waals surface area contributed by atoms with Crippen LogP contribution in [0.15, 0.2) is 10.7 Å². The SMILES string of the molecule is Cc1coc(CC(=O)O)c1C(=O)N1CCC2(CCCCC2)C1. The van der Waals surface area contributed by atoms with Crippen LogP contribution < -0.4 is 0 Å². The number of rotatable bonds is 3. The molecule has 5 nitrogen and oxygen atoms in total. The number of likely N-dealkylation sites (tertiary alicyclic amines) is 1. The van der Waals surface area contributed by atoms with Gasteiger partial charge in [-0.2, -0.15) is 0 Å². The van der Waals surface area contributed by atoms with Gasteiger partial charge < -0.3 is 14.4 Å². The lowest BCUT2D eigenvalue weighted by atomic mass is 9.73. The standard InChI is InChI=1S/C17H23NO4/c1-12-10-22-13(9-14(19)20)15(12)16(21)18-8-7-17(11-18)5-3-2-4-6-17/h10H,2-9,11H2,1H3,(H,19,20). The summed E-state index contributed by atoms with van der Waals surface area (Å²) in [5.41, 5.74) is 1.49. The van der Waals surface area contributed by atoms with Crippen LogP contribution in [-0.4, -0.2) is 35.0 Å². The van der Waals surface area contributed by atoms with Gasteiger partial charge in [-0.05, 0) is 31.6 Å². The van der Waals surface area contributed by atoms with E-state index in [-0.39, 0.29) is 18.1 Å². The number of furan rings is 1. The molecule has 1 aliphatic carbocycles. The average Bonchev–Trinajstić information content (AvgIpc) is 3.04. The zero-order chi connectivity index (χ0) is 15.7. The summed E-state index contributed by atoms with van der Waals surface area (Å²) in [7, 11) is 0. The first-order chi connectivity index (χ1) is 10.5. The molecule has 2 heterocycles. The van der Waals surface area contributed by atoms with Crippen molar-refractivity contribution in [1.29, 1.82) is 0 Å². The lowest BCUT2D eigenvalue weighted by Crippen LogP contribution is -2.33. The predicted octanol–water partition coefficient (Wildman–Crippen LogP) is 3.01. The van der Waals surface area contributed by atoms with Gasteiger partial charge in [0.1, 0.15) is 12.2 Å². The summed E-state index contributed by atoms with van der Waals surface area (Å²) in [5, 5.41) is 8.96. The molecule has 0 radical (unpaired) electrons. The van der Waals surface area contributed by atoms with E-state index in [1.807, 2.05) is 4.90 Å². The molecule has 1 amide bonds. The van der Waals surface area contributed by atoms with Crippen LogP contribution in [0, 0.1) is 12.3 Å². The molecule has 5 heteroatoms. The second-order valence-electron chi connectivity index (χ2n) is 6.82. The van der Waals surface area contributed by atoms with Crippen molar-refractivity contribution in [3.8, 4) is 0 Å². The first-order valence-electron chi connectivity index (χ1n) is 8.09. The number of amides is 1. The third kappa shape index (κ3) is 2.76. The summed E-state index contributed by atoms with van der Waals surface area (Å²) in [5.74, 6) is -0.766. The second kappa shape index (κ2) is 5.78. The Morgan fingerprint density at radius 2 is 2.00 bits per heavy atom. The second-order valence-corrected chi connectivity index (χ2v) is 6.82. The van der Waals surface area contributed by atoms with Crippen LogP contribution in [0.3, 0.4) is 0 Å². The zero-order valence-electron chi connectivity index (χ0n) is 13.1. The Hall–Kier alpha value is -1.78. The molecule has 1 aliphatic heterocycles. The largest absolute Gasteiger partial charge is 0.481 e. The quantitative estimate of drug-likeness (QED) is 0.932. The molecular weight excluding hydrogens is 282 g/mol. The monoisotopic (exact) mass is 305 g/mol. The Bertz CT molecular complexity index is 583. The van der Waals surface area contributed by atoms with Crippen molar-refractivity contribution >= 4 is 11.9 Å². The lowest BCUT2D eigenvalue weighted by Gasteiger charge is -2.33. The summed E-state index contributed by atoms with van der Waals surface area (Å²) >= 11 is 0. The van der Waals surface area contributed by atoms with E-state index >= 15 is 0 Å². The highest BCUT2D eigenvalue weighted by Gasteiger charge is 2.41.